The van der Waals surface area contributed by atoms with Crippen LogP contribution in [0.3, 0.4) is 0 Å². The van der Waals surface area contributed by atoms with Gasteiger partial charge in [0.15, 0.2) is 11.5 Å². The van der Waals surface area contributed by atoms with Gasteiger partial charge in [0, 0.05) is 32.2 Å². The number of benzene rings is 2. The van der Waals surface area contributed by atoms with Gasteiger partial charge < -0.3 is 16.1 Å². The zero-order chi connectivity index (χ0) is 27.8. The highest BCUT2D eigenvalue weighted by Gasteiger charge is 2.24. The number of para-hydroxylation sites is 1. The van der Waals surface area contributed by atoms with E-state index in [9.17, 15) is 9.59 Å². The monoisotopic (exact) mass is 533 g/mol. The van der Waals surface area contributed by atoms with E-state index in [0.717, 1.165) is 11.1 Å². The Morgan fingerprint density at radius 1 is 1.12 bits per heavy atom. The molecule has 4 N–H and O–H groups in total. The van der Waals surface area contributed by atoms with Crippen LogP contribution in [0.15, 0.2) is 89.6 Å². The second-order valence-electron chi connectivity index (χ2n) is 9.51. The second kappa shape index (κ2) is 10.1. The number of nitrogens with two attached hydrogens (primary N) is 1. The van der Waals surface area contributed by atoms with Crippen molar-refractivity contribution >= 4 is 34.4 Å². The van der Waals surface area contributed by atoms with Gasteiger partial charge in [-0.2, -0.15) is 0 Å². The van der Waals surface area contributed by atoms with Gasteiger partial charge in [-0.3, -0.25) is 14.2 Å². The molecule has 200 valence electrons. The van der Waals surface area contributed by atoms with E-state index in [4.69, 9.17) is 10.7 Å². The summed E-state index contributed by atoms with van der Waals surface area (Å²) in [7, 11) is 1.93. The lowest BCUT2D eigenvalue weighted by molar-refractivity contribution is 0.0940. The number of hydrogen-bond acceptors (Lipinski definition) is 8. The Labute approximate surface area is 229 Å². The summed E-state index contributed by atoms with van der Waals surface area (Å²) in [6, 6.07) is 15.9. The molecule has 0 fully saturated rings. The van der Waals surface area contributed by atoms with E-state index in [0.29, 0.717) is 34.6 Å². The Hall–Kier alpha value is -5.29. The molecule has 2 aromatic carbocycles. The zero-order valence-corrected chi connectivity index (χ0v) is 21.9. The molecule has 0 bridgehead atoms. The van der Waals surface area contributed by atoms with Crippen LogP contribution in [0, 0.1) is 0 Å². The standard InChI is InChI=1S/C29H27N9O2/c1-18(33-28(39)24-25(30)35-37-15-7-14-31-27(24)37)26-34-22-11-6-8-20(13-12-19-16-32-36(2)17-19)23(22)29(40)38(26)21-9-4-3-5-10-21/h3-15,17-18,32H,16H2,1-2H3,(H2,30,35)(H,33,39)/b13-12-. The summed E-state index contributed by atoms with van der Waals surface area (Å²) in [6.45, 7) is 2.48. The maximum Gasteiger partial charge on any atom is 0.266 e. The number of nitrogens with one attached hydrogen (secondary N) is 2. The number of nitrogen functional groups attached to an aromatic ring is 1. The quantitative estimate of drug-likeness (QED) is 0.303. The third-order valence-corrected chi connectivity index (χ3v) is 6.72. The van der Waals surface area contributed by atoms with E-state index >= 15 is 0 Å². The number of hydrogen-bond donors (Lipinski definition) is 3. The molecule has 4 heterocycles. The van der Waals surface area contributed by atoms with Gasteiger partial charge in [0.25, 0.3) is 11.5 Å². The lowest BCUT2D eigenvalue weighted by Crippen LogP contribution is -2.33. The van der Waals surface area contributed by atoms with Crippen LogP contribution in [0.4, 0.5) is 5.82 Å². The first-order valence-corrected chi connectivity index (χ1v) is 12.8. The molecule has 11 heteroatoms. The Morgan fingerprint density at radius 2 is 1.95 bits per heavy atom. The van der Waals surface area contributed by atoms with Crippen molar-refractivity contribution < 1.29 is 4.79 Å². The van der Waals surface area contributed by atoms with Crippen molar-refractivity contribution in [1.29, 1.82) is 0 Å². The number of fused-ring (bicyclic) bond motifs is 2. The van der Waals surface area contributed by atoms with Crippen molar-refractivity contribution in [3.05, 3.63) is 112 Å². The Balaban J connectivity index is 1.45. The maximum absolute atomic E-state index is 14.2. The molecular weight excluding hydrogens is 506 g/mol. The molecule has 1 unspecified atom stereocenters. The van der Waals surface area contributed by atoms with E-state index in [1.807, 2.05) is 72.9 Å². The first-order chi connectivity index (χ1) is 19.4. The molecule has 5 aromatic rings. The summed E-state index contributed by atoms with van der Waals surface area (Å²) < 4.78 is 3.00. The fourth-order valence-corrected chi connectivity index (χ4v) is 4.84. The lowest BCUT2D eigenvalue weighted by atomic mass is 10.1. The van der Waals surface area contributed by atoms with Crippen molar-refractivity contribution in [1.82, 2.24) is 39.9 Å². The van der Waals surface area contributed by atoms with Gasteiger partial charge in [-0.1, -0.05) is 42.5 Å². The van der Waals surface area contributed by atoms with Crippen LogP contribution in [0.5, 0.6) is 0 Å². The maximum atomic E-state index is 14.2. The predicted octanol–water partition coefficient (Wildman–Crippen LogP) is 2.85. The summed E-state index contributed by atoms with van der Waals surface area (Å²) >= 11 is 0. The summed E-state index contributed by atoms with van der Waals surface area (Å²) in [6.07, 6.45) is 9.15. The van der Waals surface area contributed by atoms with Gasteiger partial charge >= 0.3 is 0 Å². The van der Waals surface area contributed by atoms with Gasteiger partial charge in [0.2, 0.25) is 0 Å². The van der Waals surface area contributed by atoms with E-state index in [1.165, 1.54) is 4.52 Å². The van der Waals surface area contributed by atoms with Gasteiger partial charge in [0.05, 0.1) is 22.6 Å². The Kier molecular flexibility index (Phi) is 6.33. The van der Waals surface area contributed by atoms with Gasteiger partial charge in [-0.05, 0) is 42.3 Å². The third-order valence-electron chi connectivity index (χ3n) is 6.72. The van der Waals surface area contributed by atoms with E-state index in [1.54, 1.807) is 36.0 Å². The molecule has 1 aliphatic heterocycles. The molecule has 0 spiro atoms. The minimum absolute atomic E-state index is 0.0607. The molecule has 0 saturated carbocycles. The number of carbonyl (C=O) groups is 1. The first kappa shape index (κ1) is 25.0. The number of nitrogens with zero attached hydrogens (tertiary/aromatic N) is 6. The number of hydrazine groups is 1. The highest BCUT2D eigenvalue weighted by molar-refractivity contribution is 6.04. The summed E-state index contributed by atoms with van der Waals surface area (Å²) in [5.41, 5.74) is 12.5. The molecule has 0 radical (unpaired) electrons. The minimum atomic E-state index is -0.660. The number of aromatic nitrogens is 5. The van der Waals surface area contributed by atoms with Crippen LogP contribution in [0.2, 0.25) is 0 Å². The second-order valence-corrected chi connectivity index (χ2v) is 9.51. The number of anilines is 1. The molecule has 6 rings (SSSR count). The average Bonchev–Trinajstić information content (AvgIpc) is 3.53. The Morgan fingerprint density at radius 3 is 2.73 bits per heavy atom. The fraction of sp³-hybridized carbons (Fsp3) is 0.138. The first-order valence-electron chi connectivity index (χ1n) is 12.8. The van der Waals surface area contributed by atoms with Crippen molar-refractivity contribution in [2.24, 2.45) is 0 Å². The number of carbonyl (C=O) groups excluding carboxylic acids is 1. The van der Waals surface area contributed by atoms with Gasteiger partial charge in [-0.15, -0.1) is 5.10 Å². The van der Waals surface area contributed by atoms with Gasteiger partial charge in [-0.25, -0.2) is 19.9 Å². The van der Waals surface area contributed by atoms with Crippen molar-refractivity contribution in [2.75, 3.05) is 19.3 Å². The topological polar surface area (TPSA) is 135 Å². The number of amides is 1. The number of rotatable bonds is 6. The van der Waals surface area contributed by atoms with Gasteiger partial charge in [0.1, 0.15) is 11.4 Å². The molecule has 0 aliphatic carbocycles. The van der Waals surface area contributed by atoms with Crippen LogP contribution >= 0.6 is 0 Å². The summed E-state index contributed by atoms with van der Waals surface area (Å²) in [5, 5.41) is 9.51. The normalized spacial score (nSPS) is 14.2. The largest absolute Gasteiger partial charge is 0.381 e. The molecule has 3 aromatic heterocycles. The van der Waals surface area contributed by atoms with Crippen LogP contribution < -0.4 is 22.0 Å². The van der Waals surface area contributed by atoms with Crippen LogP contribution in [0.25, 0.3) is 28.3 Å². The van der Waals surface area contributed by atoms with Crippen molar-refractivity contribution in [3.8, 4) is 5.69 Å². The summed E-state index contributed by atoms with van der Waals surface area (Å²) in [4.78, 5) is 36.7. The molecule has 11 nitrogen and oxygen atoms in total. The fourth-order valence-electron chi connectivity index (χ4n) is 4.84. The lowest BCUT2D eigenvalue weighted by Gasteiger charge is -2.20. The van der Waals surface area contributed by atoms with Crippen molar-refractivity contribution in [2.45, 2.75) is 13.0 Å². The predicted molar refractivity (Wildman–Crippen MR) is 154 cm³/mol. The third kappa shape index (κ3) is 4.48. The molecule has 40 heavy (non-hydrogen) atoms. The molecule has 0 saturated heterocycles. The Bertz CT molecular complexity index is 1870. The molecule has 1 atom stereocenters. The van der Waals surface area contributed by atoms with E-state index in [2.05, 4.69) is 20.8 Å². The summed E-state index contributed by atoms with van der Waals surface area (Å²) in [5.74, 6) is -0.0243. The van der Waals surface area contributed by atoms with Crippen molar-refractivity contribution in [3.63, 3.8) is 0 Å². The van der Waals surface area contributed by atoms with Crippen LogP contribution in [-0.4, -0.2) is 48.7 Å². The SMILES string of the molecule is CC(NC(=O)c1c(N)nn2cccnc12)c1nc2cccc(/C=C\C3=CN(C)NC3)c2c(=O)n1-c1ccccc1. The van der Waals surface area contributed by atoms with E-state index < -0.39 is 11.9 Å². The average molecular weight is 534 g/mol. The van der Waals surface area contributed by atoms with Crippen LogP contribution in [0.1, 0.15) is 34.7 Å². The van der Waals surface area contributed by atoms with Crippen LogP contribution in [-0.2, 0) is 0 Å². The smallest absolute Gasteiger partial charge is 0.266 e. The highest BCUT2D eigenvalue weighted by Crippen LogP contribution is 2.23. The zero-order valence-electron chi connectivity index (χ0n) is 21.9. The van der Waals surface area contributed by atoms with E-state index in [-0.39, 0.29) is 16.9 Å². The highest BCUT2D eigenvalue weighted by atomic mass is 16.2. The molecule has 1 amide bonds. The molecule has 1 aliphatic rings. The minimum Gasteiger partial charge on any atom is -0.381 e. The molecular formula is C29H27N9O2.